The number of halogens is 1. The van der Waals surface area contributed by atoms with E-state index in [0.717, 1.165) is 5.92 Å². The molecule has 2 unspecified atom stereocenters. The van der Waals surface area contributed by atoms with E-state index in [0.29, 0.717) is 5.16 Å². The van der Waals surface area contributed by atoms with Crippen LogP contribution in [0, 0.1) is 5.92 Å². The summed E-state index contributed by atoms with van der Waals surface area (Å²) in [5.41, 5.74) is 0. The normalized spacial score (nSPS) is 12.9. The molecule has 0 saturated heterocycles. The van der Waals surface area contributed by atoms with Crippen molar-refractivity contribution in [2.75, 3.05) is 0 Å². The molecule has 0 radical (unpaired) electrons. The maximum Gasteiger partial charge on any atom is -0.0122 e. The number of hydrogen-bond donors (Lipinski definition) is 0. The lowest BCUT2D eigenvalue weighted by Crippen LogP contribution is -2.32. The van der Waals surface area contributed by atoms with E-state index >= 15 is 0 Å². The first kappa shape index (κ1) is 26.4. The molecule has 0 aromatic rings. The molecule has 0 amide bonds. The van der Waals surface area contributed by atoms with Crippen LogP contribution >= 0.6 is 33.2 Å². The molecule has 0 aliphatic carbocycles. The zero-order valence-electron chi connectivity index (χ0n) is 16.7. The van der Waals surface area contributed by atoms with Gasteiger partial charge in [0.25, 0.3) is 0 Å². The molecule has 2 atom stereocenters. The monoisotopic (exact) mass is 456 g/mol. The maximum atomic E-state index is 3.36. The average molecular weight is 456 g/mol. The lowest BCUT2D eigenvalue weighted by atomic mass is 9.77. The van der Waals surface area contributed by atoms with Crippen LogP contribution in [0.4, 0.5) is 0 Å². The van der Waals surface area contributed by atoms with Crippen molar-refractivity contribution in [3.63, 3.8) is 0 Å². The summed E-state index contributed by atoms with van der Waals surface area (Å²) >= 11 is 0. The molecule has 0 saturated carbocycles. The molecule has 23 heavy (non-hydrogen) atoms. The Hall–Kier alpha value is 1.16. The van der Waals surface area contributed by atoms with Crippen molar-refractivity contribution in [2.45, 2.75) is 129 Å². The van der Waals surface area contributed by atoms with Crippen LogP contribution in [-0.4, -0.2) is 5.16 Å². The van der Waals surface area contributed by atoms with Crippen LogP contribution in [0.2, 0.25) is 0 Å². The van der Waals surface area contributed by atoms with E-state index in [-0.39, 0.29) is 24.0 Å². The van der Waals surface area contributed by atoms with Crippen LogP contribution in [0.15, 0.2) is 0 Å². The summed E-state index contributed by atoms with van der Waals surface area (Å²) in [7, 11) is 3.36. The highest BCUT2D eigenvalue weighted by Gasteiger charge is 2.32. The van der Waals surface area contributed by atoms with Gasteiger partial charge in [-0.25, -0.2) is 0 Å². The second kappa shape index (κ2) is 18.0. The smallest absolute Gasteiger partial charge is 0.0122 e. The third-order valence-electron chi connectivity index (χ3n) is 5.37. The minimum absolute atomic E-state index is 0. The molecule has 0 bridgehead atoms. The largest absolute Gasteiger partial charge is 0.131 e. The molecular formula is C21H46IP. The Kier molecular flexibility index (Phi) is 20.6. The minimum Gasteiger partial charge on any atom is -0.131 e. The zero-order valence-corrected chi connectivity index (χ0v) is 20.2. The summed E-state index contributed by atoms with van der Waals surface area (Å²) in [6, 6.07) is 0. The van der Waals surface area contributed by atoms with Gasteiger partial charge in [-0.1, -0.05) is 98.3 Å². The maximum absolute atomic E-state index is 3.36. The fourth-order valence-corrected chi connectivity index (χ4v) is 4.45. The van der Waals surface area contributed by atoms with Crippen LogP contribution in [0.3, 0.4) is 0 Å². The average Bonchev–Trinajstić information content (AvgIpc) is 2.53. The number of rotatable bonds is 16. The third-order valence-corrected chi connectivity index (χ3v) is 6.42. The van der Waals surface area contributed by atoms with E-state index in [1.807, 2.05) is 0 Å². The minimum atomic E-state index is 0. The summed E-state index contributed by atoms with van der Waals surface area (Å²) in [6.07, 6.45) is 21.2. The summed E-state index contributed by atoms with van der Waals surface area (Å²) < 4.78 is 0. The van der Waals surface area contributed by atoms with Crippen molar-refractivity contribution in [1.29, 1.82) is 0 Å². The fraction of sp³-hybridized carbons (Fsp3) is 1.00. The standard InChI is InChI=1S/C21H45P.HI/c1-5-9-13-14-15-17-20(16-10-6-2)21(22,18-11-7-3)19-12-8-4;/h20H,5-19,22H2,1-4H3;1H. The van der Waals surface area contributed by atoms with Crippen LogP contribution in [0.1, 0.15) is 124 Å². The lowest BCUT2D eigenvalue weighted by molar-refractivity contribution is 0.274. The molecule has 0 nitrogen and oxygen atoms in total. The fourth-order valence-electron chi connectivity index (χ4n) is 3.71. The highest BCUT2D eigenvalue weighted by atomic mass is 127. The predicted octanol–water partition coefficient (Wildman–Crippen LogP) is 8.77. The van der Waals surface area contributed by atoms with Crippen LogP contribution < -0.4 is 0 Å². The first-order chi connectivity index (χ1) is 10.6. The van der Waals surface area contributed by atoms with Gasteiger partial charge >= 0.3 is 0 Å². The molecule has 142 valence electrons. The number of hydrogen-bond acceptors (Lipinski definition) is 0. The summed E-state index contributed by atoms with van der Waals surface area (Å²) in [5, 5.41) is 0.534. The Balaban J connectivity index is 0. The first-order valence-corrected chi connectivity index (χ1v) is 11.0. The molecule has 0 aromatic heterocycles. The van der Waals surface area contributed by atoms with Gasteiger partial charge in [0.1, 0.15) is 0 Å². The first-order valence-electron chi connectivity index (χ1n) is 10.4. The van der Waals surface area contributed by atoms with Gasteiger partial charge in [0, 0.05) is 0 Å². The van der Waals surface area contributed by atoms with Gasteiger partial charge in [0.15, 0.2) is 0 Å². The van der Waals surface area contributed by atoms with Gasteiger partial charge in [-0.15, -0.1) is 33.2 Å². The summed E-state index contributed by atoms with van der Waals surface area (Å²) in [4.78, 5) is 0. The van der Waals surface area contributed by atoms with E-state index in [9.17, 15) is 0 Å². The van der Waals surface area contributed by atoms with E-state index in [1.165, 1.54) is 96.3 Å². The molecule has 0 aliphatic heterocycles. The Morgan fingerprint density at radius 1 is 0.609 bits per heavy atom. The lowest BCUT2D eigenvalue weighted by Gasteiger charge is -2.39. The molecule has 0 spiro atoms. The second-order valence-electron chi connectivity index (χ2n) is 7.48. The van der Waals surface area contributed by atoms with Gasteiger partial charge in [-0.2, -0.15) is 0 Å². The molecule has 0 heterocycles. The Morgan fingerprint density at radius 3 is 1.52 bits per heavy atom. The van der Waals surface area contributed by atoms with Gasteiger partial charge < -0.3 is 0 Å². The second-order valence-corrected chi connectivity index (χ2v) is 8.63. The molecule has 2 heteroatoms. The predicted molar refractivity (Wildman–Crippen MR) is 123 cm³/mol. The molecule has 0 aliphatic rings. The van der Waals surface area contributed by atoms with Crippen molar-refractivity contribution in [3.05, 3.63) is 0 Å². The van der Waals surface area contributed by atoms with Crippen LogP contribution in [-0.2, 0) is 0 Å². The van der Waals surface area contributed by atoms with Crippen molar-refractivity contribution in [3.8, 4) is 0 Å². The molecular weight excluding hydrogens is 410 g/mol. The Labute approximate surface area is 168 Å². The zero-order chi connectivity index (χ0) is 16.7. The summed E-state index contributed by atoms with van der Waals surface area (Å²) in [5.74, 6) is 0.942. The van der Waals surface area contributed by atoms with Gasteiger partial charge in [0.2, 0.25) is 0 Å². The van der Waals surface area contributed by atoms with Crippen molar-refractivity contribution in [2.24, 2.45) is 5.92 Å². The Bertz CT molecular complexity index is 222. The molecule has 0 N–H and O–H groups in total. The highest BCUT2D eigenvalue weighted by Crippen LogP contribution is 2.43. The third kappa shape index (κ3) is 13.1. The van der Waals surface area contributed by atoms with E-state index in [1.54, 1.807) is 0 Å². The summed E-state index contributed by atoms with van der Waals surface area (Å²) in [6.45, 7) is 9.35. The number of unbranched alkanes of at least 4 members (excludes halogenated alkanes) is 7. The van der Waals surface area contributed by atoms with Gasteiger partial charge in [0.05, 0.1) is 0 Å². The molecule has 0 aromatic carbocycles. The highest BCUT2D eigenvalue weighted by molar-refractivity contribution is 14.0. The van der Waals surface area contributed by atoms with Crippen LogP contribution in [0.25, 0.3) is 0 Å². The van der Waals surface area contributed by atoms with Gasteiger partial charge in [-0.3, -0.25) is 0 Å². The van der Waals surface area contributed by atoms with Crippen molar-refractivity contribution in [1.82, 2.24) is 0 Å². The molecule has 0 rings (SSSR count). The van der Waals surface area contributed by atoms with E-state index in [2.05, 4.69) is 36.9 Å². The van der Waals surface area contributed by atoms with E-state index < -0.39 is 0 Å². The van der Waals surface area contributed by atoms with Crippen molar-refractivity contribution < 1.29 is 0 Å². The topological polar surface area (TPSA) is 0 Å². The van der Waals surface area contributed by atoms with E-state index in [4.69, 9.17) is 0 Å². The molecule has 0 fully saturated rings. The van der Waals surface area contributed by atoms with Crippen LogP contribution in [0.5, 0.6) is 0 Å². The van der Waals surface area contributed by atoms with Crippen molar-refractivity contribution >= 4 is 33.2 Å². The van der Waals surface area contributed by atoms with Gasteiger partial charge in [-0.05, 0) is 36.8 Å². The Morgan fingerprint density at radius 2 is 1.04 bits per heavy atom. The SMILES string of the molecule is CCCCCCCC(CCCC)C(P)(CCCC)CCCC.I. The quantitative estimate of drug-likeness (QED) is 0.124.